The highest BCUT2D eigenvalue weighted by atomic mass is 32.2. The second kappa shape index (κ2) is 16.9. The Balaban J connectivity index is 0.00000141. The average Bonchev–Trinajstić information content (AvgIpc) is 3.44. The third-order valence-corrected chi connectivity index (χ3v) is 8.52. The van der Waals surface area contributed by atoms with Gasteiger partial charge in [0.25, 0.3) is 16.1 Å². The summed E-state index contributed by atoms with van der Waals surface area (Å²) in [7, 11) is -2.29. The highest BCUT2D eigenvalue weighted by Crippen LogP contribution is 2.40. The summed E-state index contributed by atoms with van der Waals surface area (Å²) in [5, 5.41) is 20.8. The van der Waals surface area contributed by atoms with Gasteiger partial charge in [-0.2, -0.15) is 52.7 Å². The minimum Gasteiger partial charge on any atom is -0.481 e. The van der Waals surface area contributed by atoms with E-state index in [1.54, 1.807) is 0 Å². The predicted octanol–water partition coefficient (Wildman–Crippen LogP) is 7.39. The molecule has 1 saturated carbocycles. The van der Waals surface area contributed by atoms with Crippen LogP contribution >= 0.6 is 0 Å². The molecular formula is C32H39F9N6O5S. The Morgan fingerprint density at radius 2 is 1.40 bits per heavy atom. The van der Waals surface area contributed by atoms with Gasteiger partial charge < -0.3 is 14.9 Å². The maximum atomic E-state index is 14.1. The Morgan fingerprint density at radius 3 is 1.83 bits per heavy atom. The van der Waals surface area contributed by atoms with Crippen molar-refractivity contribution in [2.75, 3.05) is 29.1 Å². The molecule has 1 heterocycles. The van der Waals surface area contributed by atoms with Crippen LogP contribution in [0.15, 0.2) is 30.3 Å². The second-order valence-electron chi connectivity index (χ2n) is 12.9. The first-order valence-electron chi connectivity index (χ1n) is 16.1. The van der Waals surface area contributed by atoms with Gasteiger partial charge in [0.2, 0.25) is 0 Å². The van der Waals surface area contributed by atoms with E-state index in [1.165, 1.54) is 24.9 Å². The molecule has 0 radical (unpaired) electrons. The lowest BCUT2D eigenvalue weighted by atomic mass is 9.80. The standard InChI is InChI=1S/C31H35F9N6O2.CH4O3S/c1-4-45(15-20-7-5-19(6-8-20)12-27(47)48)26-9-18(2)25(31(38,39)40)13-22(26)17-46(28-41-43-44(3)42-28)16-21-10-23(29(32,33)34)14-24(11-21)30(35,36)37;1-5(2,3)4/h9-11,13-14,19-20H,4-8,12,15-17H2,1-3H3,(H,47,48);1H3,(H,2,3,4)/t19-,20-;. The first-order chi connectivity index (χ1) is 24.2. The SMILES string of the molecule is CCN(C[C@H]1CC[C@H](CC(=O)O)CC1)c1cc(C)c(C(F)(F)F)cc1CN(Cc1cc(C(F)(F)F)cc(C(F)(F)F)c1)c1nnn(C)n1.CS(=O)(=O)O. The number of halogens is 9. The maximum absolute atomic E-state index is 14.1. The fraction of sp³-hybridized carbons (Fsp3) is 0.562. The summed E-state index contributed by atoms with van der Waals surface area (Å²) in [6.07, 6.45) is -11.4. The van der Waals surface area contributed by atoms with E-state index in [0.29, 0.717) is 50.0 Å². The highest BCUT2D eigenvalue weighted by Gasteiger charge is 2.38. The molecule has 0 amide bonds. The number of benzene rings is 2. The minimum atomic E-state index is -5.11. The summed E-state index contributed by atoms with van der Waals surface area (Å²) in [5.74, 6) is -0.933. The number of hydrogen-bond donors (Lipinski definition) is 2. The quantitative estimate of drug-likeness (QED) is 0.149. The molecule has 296 valence electrons. The van der Waals surface area contributed by atoms with Crippen LogP contribution in [0.3, 0.4) is 0 Å². The molecule has 3 aromatic rings. The van der Waals surface area contributed by atoms with Crippen molar-refractivity contribution in [2.45, 2.75) is 77.6 Å². The number of carboxylic acids is 1. The number of nitrogens with zero attached hydrogens (tertiary/aromatic N) is 6. The summed E-state index contributed by atoms with van der Waals surface area (Å²) >= 11 is 0. The number of carbonyl (C=O) groups is 1. The first-order valence-corrected chi connectivity index (χ1v) is 18.0. The van der Waals surface area contributed by atoms with Gasteiger partial charge in [-0.15, -0.1) is 5.10 Å². The van der Waals surface area contributed by atoms with Gasteiger partial charge in [-0.1, -0.05) is 5.10 Å². The summed E-state index contributed by atoms with van der Waals surface area (Å²) in [5.41, 5.74) is -4.00. The van der Waals surface area contributed by atoms with Crippen molar-refractivity contribution in [3.05, 3.63) is 63.7 Å². The van der Waals surface area contributed by atoms with Gasteiger partial charge in [0.15, 0.2) is 0 Å². The van der Waals surface area contributed by atoms with E-state index in [0.717, 1.165) is 23.7 Å². The van der Waals surface area contributed by atoms with Gasteiger partial charge in [0.1, 0.15) is 0 Å². The zero-order valence-corrected chi connectivity index (χ0v) is 29.8. The summed E-state index contributed by atoms with van der Waals surface area (Å²) in [6.45, 7) is 2.91. The van der Waals surface area contributed by atoms with Crippen molar-refractivity contribution in [3.8, 4) is 0 Å². The van der Waals surface area contributed by atoms with Crippen molar-refractivity contribution in [2.24, 2.45) is 18.9 Å². The van der Waals surface area contributed by atoms with Crippen molar-refractivity contribution in [1.29, 1.82) is 0 Å². The van der Waals surface area contributed by atoms with Crippen molar-refractivity contribution in [1.82, 2.24) is 20.2 Å². The number of rotatable bonds is 11. The van der Waals surface area contributed by atoms with E-state index in [2.05, 4.69) is 15.4 Å². The van der Waals surface area contributed by atoms with E-state index >= 15 is 0 Å². The van der Waals surface area contributed by atoms with Crippen LogP contribution in [0.5, 0.6) is 0 Å². The normalized spacial score (nSPS) is 16.9. The molecule has 0 spiro atoms. The molecule has 53 heavy (non-hydrogen) atoms. The van der Waals surface area contributed by atoms with Gasteiger partial charge in [0.05, 0.1) is 30.0 Å². The number of hydrogen-bond acceptors (Lipinski definition) is 8. The fourth-order valence-corrected chi connectivity index (χ4v) is 6.17. The number of aryl methyl sites for hydroxylation is 2. The van der Waals surface area contributed by atoms with E-state index in [1.807, 2.05) is 11.8 Å². The Labute approximate surface area is 299 Å². The topological polar surface area (TPSA) is 142 Å². The van der Waals surface area contributed by atoms with Gasteiger partial charge >= 0.3 is 24.5 Å². The highest BCUT2D eigenvalue weighted by molar-refractivity contribution is 7.85. The van der Waals surface area contributed by atoms with Crippen molar-refractivity contribution >= 4 is 27.7 Å². The fourth-order valence-electron chi connectivity index (χ4n) is 6.17. The smallest absolute Gasteiger partial charge is 0.416 e. The summed E-state index contributed by atoms with van der Waals surface area (Å²) in [4.78, 5) is 15.2. The van der Waals surface area contributed by atoms with Gasteiger partial charge in [0, 0.05) is 38.3 Å². The van der Waals surface area contributed by atoms with E-state index in [9.17, 15) is 52.7 Å². The van der Waals surface area contributed by atoms with Crippen molar-refractivity contribution in [3.63, 3.8) is 0 Å². The van der Waals surface area contributed by atoms with E-state index in [4.69, 9.17) is 9.66 Å². The molecule has 0 unspecified atom stereocenters. The first kappa shape index (κ1) is 43.3. The predicted molar refractivity (Wildman–Crippen MR) is 174 cm³/mol. The molecule has 1 aromatic heterocycles. The zero-order valence-electron chi connectivity index (χ0n) is 29.0. The molecule has 0 aliphatic heterocycles. The van der Waals surface area contributed by atoms with E-state index < -0.39 is 70.0 Å². The van der Waals surface area contributed by atoms with Crippen LogP contribution < -0.4 is 9.80 Å². The molecular weight excluding hydrogens is 751 g/mol. The number of carboxylic acid groups (broad SMARTS) is 1. The number of aromatic nitrogens is 4. The third kappa shape index (κ3) is 13.3. The van der Waals surface area contributed by atoms with Crippen LogP contribution in [0.2, 0.25) is 0 Å². The molecule has 1 aliphatic carbocycles. The lowest BCUT2D eigenvalue weighted by molar-refractivity contribution is -0.143. The van der Waals surface area contributed by atoms with Crippen LogP contribution in [0.1, 0.15) is 72.4 Å². The molecule has 4 rings (SSSR count). The Kier molecular flexibility index (Phi) is 13.8. The van der Waals surface area contributed by atoms with Crippen LogP contribution in [-0.4, -0.2) is 63.6 Å². The molecule has 1 fully saturated rings. The summed E-state index contributed by atoms with van der Waals surface area (Å²) in [6, 6.07) is 3.42. The zero-order chi connectivity index (χ0) is 40.1. The number of alkyl halides is 9. The Bertz CT molecular complexity index is 1780. The Morgan fingerprint density at radius 1 is 0.868 bits per heavy atom. The maximum Gasteiger partial charge on any atom is 0.416 e. The lowest BCUT2D eigenvalue weighted by Crippen LogP contribution is -2.33. The molecule has 11 nitrogen and oxygen atoms in total. The van der Waals surface area contributed by atoms with Gasteiger partial charge in [-0.3, -0.25) is 9.35 Å². The average molecular weight is 791 g/mol. The number of anilines is 2. The lowest BCUT2D eigenvalue weighted by Gasteiger charge is -2.35. The molecule has 0 bridgehead atoms. The van der Waals surface area contributed by atoms with Crippen LogP contribution in [0, 0.1) is 18.8 Å². The van der Waals surface area contributed by atoms with Crippen LogP contribution in [-0.2, 0) is 53.6 Å². The molecule has 2 aromatic carbocycles. The van der Waals surface area contributed by atoms with Gasteiger partial charge in [-0.25, -0.2) is 0 Å². The third-order valence-electron chi connectivity index (χ3n) is 8.52. The van der Waals surface area contributed by atoms with Crippen LogP contribution in [0.25, 0.3) is 0 Å². The molecule has 1 aliphatic rings. The number of aliphatic carboxylic acids is 1. The molecule has 0 atom stereocenters. The van der Waals surface area contributed by atoms with Crippen LogP contribution in [0.4, 0.5) is 51.1 Å². The summed E-state index contributed by atoms with van der Waals surface area (Å²) < 4.78 is 150. The monoisotopic (exact) mass is 790 g/mol. The molecule has 0 saturated heterocycles. The molecule has 21 heteroatoms. The number of tetrazole rings is 1. The largest absolute Gasteiger partial charge is 0.481 e. The van der Waals surface area contributed by atoms with E-state index in [-0.39, 0.29) is 41.4 Å². The second-order valence-corrected chi connectivity index (χ2v) is 14.4. The minimum absolute atomic E-state index is 0.00361. The van der Waals surface area contributed by atoms with Crippen molar-refractivity contribution < 1.29 is 62.4 Å². The molecule has 2 N–H and O–H groups in total. The van der Waals surface area contributed by atoms with Gasteiger partial charge in [-0.05, 0) is 104 Å². The Hall–Kier alpha value is -4.14.